The van der Waals surface area contributed by atoms with Gasteiger partial charge in [0.15, 0.2) is 0 Å². The third-order valence-electron chi connectivity index (χ3n) is 3.73. The molecule has 0 atom stereocenters. The fraction of sp³-hybridized carbons (Fsp3) is 0.417. The average Bonchev–Trinajstić information content (AvgIpc) is 3.58. The standard InChI is InChI=1S/C11H14.C10H11N.C2H6.CH3B.Sr/c1-2-9-5-3-4-6-11(9)10-7-8-10;11-9-5-4-8-10-6-2-1-3-7-10;2*1-2;/h3-6,10H,2,7-8H2,1H3;1-3,6,8H,5,9,11H2;1-2H3;1H3;/q;-2;;;+2. The van der Waals surface area contributed by atoms with Gasteiger partial charge >= 0.3 is 45.5 Å². The minimum Gasteiger partial charge on any atom is -0.332 e. The monoisotopic (exact) mass is 435 g/mol. The maximum absolute atomic E-state index is 5.30. The molecule has 2 aromatic rings. The Morgan fingerprint density at radius 2 is 1.74 bits per heavy atom. The van der Waals surface area contributed by atoms with Crippen molar-refractivity contribution in [3.63, 3.8) is 0 Å². The summed E-state index contributed by atoms with van der Waals surface area (Å²) in [7, 11) is 4.50. The van der Waals surface area contributed by atoms with Crippen LogP contribution in [0.25, 0.3) is 6.08 Å². The second-order valence-corrected chi connectivity index (χ2v) is 5.53. The van der Waals surface area contributed by atoms with Crippen LogP contribution in [0.5, 0.6) is 0 Å². The summed E-state index contributed by atoms with van der Waals surface area (Å²) in [5.41, 5.74) is 9.51. The topological polar surface area (TPSA) is 26.0 Å². The summed E-state index contributed by atoms with van der Waals surface area (Å²) in [5.74, 6) is 0.908. The van der Waals surface area contributed by atoms with Gasteiger partial charge in [0.05, 0.1) is 7.85 Å². The van der Waals surface area contributed by atoms with Gasteiger partial charge in [0.1, 0.15) is 0 Å². The molecule has 1 fully saturated rings. The molecule has 1 aliphatic rings. The van der Waals surface area contributed by atoms with Crippen LogP contribution < -0.4 is 5.73 Å². The Bertz CT molecular complexity index is 580. The van der Waals surface area contributed by atoms with Crippen LogP contribution in [-0.4, -0.2) is 59.9 Å². The predicted octanol–water partition coefficient (Wildman–Crippen LogP) is 5.63. The summed E-state index contributed by atoms with van der Waals surface area (Å²) in [4.78, 5) is 0. The van der Waals surface area contributed by atoms with Crippen molar-refractivity contribution in [1.82, 2.24) is 0 Å². The van der Waals surface area contributed by atoms with Gasteiger partial charge in [0, 0.05) is 0 Å². The predicted molar refractivity (Wildman–Crippen MR) is 123 cm³/mol. The second-order valence-electron chi connectivity index (χ2n) is 5.53. The van der Waals surface area contributed by atoms with Gasteiger partial charge in [-0.15, -0.1) is 12.5 Å². The van der Waals surface area contributed by atoms with Crippen molar-refractivity contribution in [2.75, 3.05) is 6.54 Å². The van der Waals surface area contributed by atoms with Gasteiger partial charge < -0.3 is 23.4 Å². The number of rotatable bonds is 5. The van der Waals surface area contributed by atoms with E-state index < -0.39 is 0 Å². The molecular weight excluding hydrogens is 401 g/mol. The van der Waals surface area contributed by atoms with Crippen molar-refractivity contribution in [3.8, 4) is 0 Å². The number of nitrogens with two attached hydrogens (primary N) is 1. The Kier molecular flexibility index (Phi) is 21.9. The zero-order valence-corrected chi connectivity index (χ0v) is 21.1. The van der Waals surface area contributed by atoms with Gasteiger partial charge in [0.2, 0.25) is 0 Å². The molecule has 2 N–H and O–H groups in total. The molecule has 2 aromatic carbocycles. The third kappa shape index (κ3) is 13.5. The fourth-order valence-corrected chi connectivity index (χ4v) is 2.41. The van der Waals surface area contributed by atoms with Crippen molar-refractivity contribution < 1.29 is 0 Å². The third-order valence-corrected chi connectivity index (χ3v) is 3.73. The molecule has 0 heterocycles. The zero-order chi connectivity index (χ0) is 19.6. The van der Waals surface area contributed by atoms with Crippen LogP contribution in [0, 0.1) is 12.1 Å². The Morgan fingerprint density at radius 1 is 1.11 bits per heavy atom. The molecule has 0 bridgehead atoms. The van der Waals surface area contributed by atoms with Crippen LogP contribution in [0.1, 0.15) is 62.6 Å². The molecule has 3 rings (SSSR count). The molecule has 0 amide bonds. The van der Waals surface area contributed by atoms with Crippen LogP contribution in [0.2, 0.25) is 6.82 Å². The fourth-order valence-electron chi connectivity index (χ4n) is 2.41. The summed E-state index contributed by atoms with van der Waals surface area (Å²) in [6.07, 6.45) is 9.80. The second kappa shape index (κ2) is 20.4. The number of aryl methyl sites for hydroxylation is 1. The van der Waals surface area contributed by atoms with Gasteiger partial charge in [0.25, 0.3) is 0 Å². The molecule has 0 aliphatic heterocycles. The van der Waals surface area contributed by atoms with E-state index in [-0.39, 0.29) is 45.5 Å². The largest absolute Gasteiger partial charge is 2.00 e. The van der Waals surface area contributed by atoms with Crippen molar-refractivity contribution in [2.45, 2.75) is 59.2 Å². The molecule has 0 saturated heterocycles. The van der Waals surface area contributed by atoms with E-state index in [9.17, 15) is 0 Å². The van der Waals surface area contributed by atoms with E-state index in [0.29, 0.717) is 6.54 Å². The van der Waals surface area contributed by atoms with Gasteiger partial charge in [-0.05, 0) is 42.9 Å². The quantitative estimate of drug-likeness (QED) is 0.479. The van der Waals surface area contributed by atoms with Crippen molar-refractivity contribution in [3.05, 3.63) is 77.4 Å². The first-order chi connectivity index (χ1) is 12.8. The van der Waals surface area contributed by atoms with Crippen LogP contribution in [0.4, 0.5) is 0 Å². The van der Waals surface area contributed by atoms with Gasteiger partial charge in [-0.2, -0.15) is 12.1 Å². The Labute approximate surface area is 206 Å². The molecule has 27 heavy (non-hydrogen) atoms. The molecule has 3 heteroatoms. The van der Waals surface area contributed by atoms with Crippen LogP contribution in [-0.2, 0) is 6.42 Å². The van der Waals surface area contributed by atoms with E-state index in [2.05, 4.69) is 51.2 Å². The molecule has 1 aliphatic carbocycles. The molecule has 0 spiro atoms. The number of hydrogen-bond acceptors (Lipinski definition) is 1. The summed E-state index contributed by atoms with van der Waals surface area (Å²) in [6, 6.07) is 19.7. The van der Waals surface area contributed by atoms with Crippen molar-refractivity contribution in [1.29, 1.82) is 0 Å². The van der Waals surface area contributed by atoms with Crippen molar-refractivity contribution >= 4 is 59.4 Å². The SMILES string of the molecule is CC.CCc1ccccc1C1CC1.NCC[C-]=Cc1[c-]cccc1.[B]C.[Sr+2]. The van der Waals surface area contributed by atoms with E-state index in [1.54, 1.807) is 11.1 Å². The molecule has 0 aromatic heterocycles. The minimum absolute atomic E-state index is 0. The maximum atomic E-state index is 5.30. The van der Waals surface area contributed by atoms with Crippen LogP contribution in [0.15, 0.2) is 48.5 Å². The summed E-state index contributed by atoms with van der Waals surface area (Å²) >= 11 is 0. The average molecular weight is 435 g/mol. The first-order valence-corrected chi connectivity index (χ1v) is 9.74. The first kappa shape index (κ1) is 28.9. The normalized spacial score (nSPS) is 11.6. The van der Waals surface area contributed by atoms with E-state index in [0.717, 1.165) is 17.9 Å². The maximum Gasteiger partial charge on any atom is 2.00 e. The van der Waals surface area contributed by atoms with Crippen LogP contribution >= 0.6 is 0 Å². The Balaban J connectivity index is 0. The first-order valence-electron chi connectivity index (χ1n) is 9.74. The van der Waals surface area contributed by atoms with Gasteiger partial charge in [-0.25, -0.2) is 12.1 Å². The molecule has 2 radical (unpaired) electrons. The summed E-state index contributed by atoms with van der Waals surface area (Å²) in [6.45, 7) is 8.39. The Morgan fingerprint density at radius 3 is 2.26 bits per heavy atom. The molecule has 140 valence electrons. The van der Waals surface area contributed by atoms with Gasteiger partial charge in [-0.1, -0.05) is 51.9 Å². The number of benzene rings is 2. The minimum atomic E-state index is 0. The number of hydrogen-bond donors (Lipinski definition) is 1. The van der Waals surface area contributed by atoms with Crippen molar-refractivity contribution in [2.24, 2.45) is 5.73 Å². The Hall–Kier alpha value is -0.315. The summed E-state index contributed by atoms with van der Waals surface area (Å²) in [5, 5.41) is 0. The van der Waals surface area contributed by atoms with E-state index in [1.165, 1.54) is 26.1 Å². The van der Waals surface area contributed by atoms with E-state index in [4.69, 9.17) is 5.73 Å². The molecular formula is C24H34BNSr. The molecule has 1 nitrogen and oxygen atoms in total. The smallest absolute Gasteiger partial charge is 0.332 e. The van der Waals surface area contributed by atoms with E-state index >= 15 is 0 Å². The van der Waals surface area contributed by atoms with E-state index in [1.807, 2.05) is 44.2 Å². The molecule has 0 unspecified atom stereocenters. The zero-order valence-electron chi connectivity index (χ0n) is 17.7. The van der Waals surface area contributed by atoms with Crippen LogP contribution in [0.3, 0.4) is 0 Å². The van der Waals surface area contributed by atoms with Gasteiger partial charge in [-0.3, -0.25) is 0 Å². The summed E-state index contributed by atoms with van der Waals surface area (Å²) < 4.78 is 0. The molecule has 1 saturated carbocycles.